The zero-order valence-corrected chi connectivity index (χ0v) is 8.84. The molecule has 0 atom stereocenters. The highest BCUT2D eigenvalue weighted by atomic mass is 16.1. The molecule has 1 aromatic carbocycles. The molecule has 0 fully saturated rings. The fourth-order valence-electron chi connectivity index (χ4n) is 1.34. The van der Waals surface area contributed by atoms with Crippen molar-refractivity contribution < 1.29 is 4.79 Å². The van der Waals surface area contributed by atoms with Gasteiger partial charge >= 0.3 is 0 Å². The Morgan fingerprint density at radius 2 is 2.07 bits per heavy atom. The first kappa shape index (κ1) is 10.8. The minimum absolute atomic E-state index is 0.115. The second kappa shape index (κ2) is 5.43. The maximum atomic E-state index is 11.3. The fraction of sp³-hybridized carbons (Fsp3) is 0.417. The van der Waals surface area contributed by atoms with E-state index < -0.39 is 0 Å². The van der Waals surface area contributed by atoms with Gasteiger partial charge in [-0.15, -0.1) is 0 Å². The lowest BCUT2D eigenvalue weighted by Gasteiger charge is -2.08. The van der Waals surface area contributed by atoms with Gasteiger partial charge in [-0.05, 0) is 25.5 Å². The van der Waals surface area contributed by atoms with E-state index in [9.17, 15) is 4.79 Å². The van der Waals surface area contributed by atoms with E-state index in [0.29, 0.717) is 0 Å². The third-order valence-electron chi connectivity index (χ3n) is 2.15. The molecule has 14 heavy (non-hydrogen) atoms. The average Bonchev–Trinajstić information content (AvgIpc) is 2.19. The normalized spacial score (nSPS) is 9.86. The van der Waals surface area contributed by atoms with E-state index in [4.69, 9.17) is 0 Å². The van der Waals surface area contributed by atoms with E-state index in [1.165, 1.54) is 0 Å². The van der Waals surface area contributed by atoms with Crippen LogP contribution in [0.15, 0.2) is 24.3 Å². The van der Waals surface area contributed by atoms with Crippen LogP contribution in [-0.2, 0) is 0 Å². The molecule has 0 saturated carbocycles. The zero-order chi connectivity index (χ0) is 10.4. The fourth-order valence-corrected chi connectivity index (χ4v) is 1.34. The molecule has 1 aromatic rings. The van der Waals surface area contributed by atoms with Gasteiger partial charge in [0.15, 0.2) is 5.78 Å². The van der Waals surface area contributed by atoms with Crippen molar-refractivity contribution in [3.63, 3.8) is 0 Å². The zero-order valence-electron chi connectivity index (χ0n) is 8.84. The quantitative estimate of drug-likeness (QED) is 0.572. The predicted molar refractivity (Wildman–Crippen MR) is 59.8 cm³/mol. The molecule has 0 heterocycles. The van der Waals surface area contributed by atoms with Crippen molar-refractivity contribution in [3.05, 3.63) is 29.8 Å². The third kappa shape index (κ3) is 2.87. The number of anilines is 1. The van der Waals surface area contributed by atoms with Crippen LogP contribution in [0.25, 0.3) is 0 Å². The van der Waals surface area contributed by atoms with Gasteiger partial charge in [0.2, 0.25) is 0 Å². The van der Waals surface area contributed by atoms with Crippen molar-refractivity contribution in [1.82, 2.24) is 0 Å². The standard InChI is InChI=1S/C12H17NO/c1-3-4-9-13-12-8-6-5-7-11(12)10(2)14/h5-8,13H,3-4,9H2,1-2H3. The second-order valence-electron chi connectivity index (χ2n) is 3.38. The molecule has 0 aliphatic carbocycles. The summed E-state index contributed by atoms with van der Waals surface area (Å²) in [6, 6.07) is 7.64. The Kier molecular flexibility index (Phi) is 4.17. The molecule has 0 aliphatic heterocycles. The Bertz CT molecular complexity index is 307. The van der Waals surface area contributed by atoms with Crippen LogP contribution in [0.2, 0.25) is 0 Å². The number of para-hydroxylation sites is 1. The largest absolute Gasteiger partial charge is 0.384 e. The number of nitrogens with one attached hydrogen (secondary N) is 1. The van der Waals surface area contributed by atoms with Gasteiger partial charge < -0.3 is 5.32 Å². The van der Waals surface area contributed by atoms with Gasteiger partial charge in [0.25, 0.3) is 0 Å². The summed E-state index contributed by atoms with van der Waals surface area (Å²) in [5.74, 6) is 0.115. The van der Waals surface area contributed by atoms with Crippen LogP contribution in [0.1, 0.15) is 37.0 Å². The molecule has 76 valence electrons. The van der Waals surface area contributed by atoms with Crippen molar-refractivity contribution in [1.29, 1.82) is 0 Å². The molecule has 1 rings (SSSR count). The molecule has 0 saturated heterocycles. The van der Waals surface area contributed by atoms with Gasteiger partial charge in [0.05, 0.1) is 0 Å². The van der Waals surface area contributed by atoms with Crippen LogP contribution < -0.4 is 5.32 Å². The topological polar surface area (TPSA) is 29.1 Å². The predicted octanol–water partition coefficient (Wildman–Crippen LogP) is 3.10. The first-order valence-electron chi connectivity index (χ1n) is 5.09. The smallest absolute Gasteiger partial charge is 0.161 e. The molecular formula is C12H17NO. The summed E-state index contributed by atoms with van der Waals surface area (Å²) in [5, 5.41) is 3.27. The summed E-state index contributed by atoms with van der Waals surface area (Å²) < 4.78 is 0. The second-order valence-corrected chi connectivity index (χ2v) is 3.38. The number of hydrogen-bond donors (Lipinski definition) is 1. The van der Waals surface area contributed by atoms with Gasteiger partial charge in [0.1, 0.15) is 0 Å². The van der Waals surface area contributed by atoms with Gasteiger partial charge in [0, 0.05) is 17.8 Å². The molecule has 0 spiro atoms. The molecule has 1 N–H and O–H groups in total. The Morgan fingerprint density at radius 1 is 1.36 bits per heavy atom. The van der Waals surface area contributed by atoms with Gasteiger partial charge in [-0.2, -0.15) is 0 Å². The lowest BCUT2D eigenvalue weighted by atomic mass is 10.1. The lowest BCUT2D eigenvalue weighted by Crippen LogP contribution is -2.05. The number of hydrogen-bond acceptors (Lipinski definition) is 2. The molecule has 0 unspecified atom stereocenters. The number of benzene rings is 1. The van der Waals surface area contributed by atoms with Crippen molar-refractivity contribution in [2.45, 2.75) is 26.7 Å². The minimum Gasteiger partial charge on any atom is -0.384 e. The molecule has 0 aliphatic rings. The Balaban J connectivity index is 2.69. The highest BCUT2D eigenvalue weighted by Gasteiger charge is 2.04. The van der Waals surface area contributed by atoms with Crippen molar-refractivity contribution in [2.24, 2.45) is 0 Å². The van der Waals surface area contributed by atoms with E-state index in [1.807, 2.05) is 24.3 Å². The van der Waals surface area contributed by atoms with Crippen molar-refractivity contribution in [3.8, 4) is 0 Å². The summed E-state index contributed by atoms with van der Waals surface area (Å²) in [6.07, 6.45) is 2.29. The lowest BCUT2D eigenvalue weighted by molar-refractivity contribution is 0.101. The monoisotopic (exact) mass is 191 g/mol. The highest BCUT2D eigenvalue weighted by Crippen LogP contribution is 2.15. The van der Waals surface area contributed by atoms with Crippen molar-refractivity contribution >= 4 is 11.5 Å². The summed E-state index contributed by atoms with van der Waals surface area (Å²) >= 11 is 0. The number of carbonyl (C=O) groups excluding carboxylic acids is 1. The molecule has 0 bridgehead atoms. The molecule has 0 amide bonds. The van der Waals surface area contributed by atoms with E-state index in [0.717, 1.165) is 30.6 Å². The van der Waals surface area contributed by atoms with E-state index in [-0.39, 0.29) is 5.78 Å². The van der Waals surface area contributed by atoms with Gasteiger partial charge in [-0.1, -0.05) is 25.5 Å². The number of carbonyl (C=O) groups is 1. The van der Waals surface area contributed by atoms with Crippen LogP contribution in [0.3, 0.4) is 0 Å². The van der Waals surface area contributed by atoms with Crippen LogP contribution in [0, 0.1) is 0 Å². The van der Waals surface area contributed by atoms with Crippen LogP contribution >= 0.6 is 0 Å². The molecule has 2 nitrogen and oxygen atoms in total. The van der Waals surface area contributed by atoms with Gasteiger partial charge in [-0.25, -0.2) is 0 Å². The molecule has 0 radical (unpaired) electrons. The minimum atomic E-state index is 0.115. The SMILES string of the molecule is CCCCNc1ccccc1C(C)=O. The third-order valence-corrected chi connectivity index (χ3v) is 2.15. The highest BCUT2D eigenvalue weighted by molar-refractivity contribution is 5.99. The van der Waals surface area contributed by atoms with Gasteiger partial charge in [-0.3, -0.25) is 4.79 Å². The summed E-state index contributed by atoms with van der Waals surface area (Å²) in [6.45, 7) is 4.68. The average molecular weight is 191 g/mol. The Morgan fingerprint density at radius 3 is 2.71 bits per heavy atom. The molecule has 0 aromatic heterocycles. The summed E-state index contributed by atoms with van der Waals surface area (Å²) in [7, 11) is 0. The summed E-state index contributed by atoms with van der Waals surface area (Å²) in [5.41, 5.74) is 1.73. The number of rotatable bonds is 5. The Hall–Kier alpha value is -1.31. The Labute approximate surface area is 85.3 Å². The molecule has 2 heteroatoms. The van der Waals surface area contributed by atoms with Crippen LogP contribution in [0.4, 0.5) is 5.69 Å². The number of Topliss-reactive ketones (excluding diaryl/α,β-unsaturated/α-hetero) is 1. The van der Waals surface area contributed by atoms with Crippen LogP contribution in [0.5, 0.6) is 0 Å². The summed E-state index contributed by atoms with van der Waals surface area (Å²) in [4.78, 5) is 11.3. The number of ketones is 1. The number of unbranched alkanes of at least 4 members (excludes halogenated alkanes) is 1. The van der Waals surface area contributed by atoms with Crippen molar-refractivity contribution in [2.75, 3.05) is 11.9 Å². The molecular weight excluding hydrogens is 174 g/mol. The first-order valence-corrected chi connectivity index (χ1v) is 5.09. The van der Waals surface area contributed by atoms with E-state index in [1.54, 1.807) is 6.92 Å². The van der Waals surface area contributed by atoms with Crippen LogP contribution in [-0.4, -0.2) is 12.3 Å². The van der Waals surface area contributed by atoms with E-state index in [2.05, 4.69) is 12.2 Å². The maximum Gasteiger partial charge on any atom is 0.161 e. The van der Waals surface area contributed by atoms with E-state index >= 15 is 0 Å². The maximum absolute atomic E-state index is 11.3. The first-order chi connectivity index (χ1) is 6.75.